The predicted octanol–water partition coefficient (Wildman–Crippen LogP) is 1.44. The van der Waals surface area contributed by atoms with Crippen LogP contribution in [-0.4, -0.2) is 62.1 Å². The van der Waals surface area contributed by atoms with E-state index in [2.05, 4.69) is 25.9 Å². The molecule has 0 aliphatic heterocycles. The Morgan fingerprint density at radius 1 is 1.22 bits per heavy atom. The normalized spacial score (nSPS) is 10.5. The van der Waals surface area contributed by atoms with Crippen LogP contribution in [-0.2, 0) is 11.2 Å². The summed E-state index contributed by atoms with van der Waals surface area (Å²) in [5.41, 5.74) is 7.06. The summed E-state index contributed by atoms with van der Waals surface area (Å²) >= 11 is 0. The van der Waals surface area contributed by atoms with E-state index >= 15 is 0 Å². The number of benzene rings is 1. The van der Waals surface area contributed by atoms with Gasteiger partial charge in [0.25, 0.3) is 5.91 Å². The van der Waals surface area contributed by atoms with Crippen LogP contribution in [0.15, 0.2) is 24.3 Å². The molecular weight excluding hydrogens is 410 g/mol. The van der Waals surface area contributed by atoms with Gasteiger partial charge in [-0.2, -0.15) is 0 Å². The average Bonchev–Trinajstić information content (AvgIpc) is 2.78. The second kappa shape index (κ2) is 12.5. The fourth-order valence-electron chi connectivity index (χ4n) is 2.93. The van der Waals surface area contributed by atoms with E-state index in [9.17, 15) is 9.59 Å². The SMILES string of the molecule is CCc1nc(C(N)=O)c(Nc2cccc(OCCCNC(=O)CNC)c2)nc1N(C)CC. The highest BCUT2D eigenvalue weighted by atomic mass is 16.5. The van der Waals surface area contributed by atoms with Crippen LogP contribution in [0.1, 0.15) is 36.5 Å². The third-order valence-electron chi connectivity index (χ3n) is 4.70. The van der Waals surface area contributed by atoms with Crippen molar-refractivity contribution < 1.29 is 14.3 Å². The zero-order valence-electron chi connectivity index (χ0n) is 19.2. The first-order valence-corrected chi connectivity index (χ1v) is 10.7. The monoisotopic (exact) mass is 443 g/mol. The van der Waals surface area contributed by atoms with E-state index in [0.717, 1.165) is 6.54 Å². The number of nitrogens with zero attached hydrogens (tertiary/aromatic N) is 3. The van der Waals surface area contributed by atoms with Crippen molar-refractivity contribution >= 4 is 29.1 Å². The summed E-state index contributed by atoms with van der Waals surface area (Å²) in [4.78, 5) is 34.5. The van der Waals surface area contributed by atoms with E-state index in [1.807, 2.05) is 50.1 Å². The van der Waals surface area contributed by atoms with Gasteiger partial charge in [0.15, 0.2) is 17.3 Å². The number of likely N-dealkylation sites (N-methyl/N-ethyl adjacent to an activating group) is 1. The number of aromatic nitrogens is 2. The second-order valence-corrected chi connectivity index (χ2v) is 7.16. The number of anilines is 3. The molecule has 1 heterocycles. The summed E-state index contributed by atoms with van der Waals surface area (Å²) in [5, 5.41) is 8.75. The van der Waals surface area contributed by atoms with Crippen LogP contribution in [0.4, 0.5) is 17.3 Å². The van der Waals surface area contributed by atoms with E-state index in [4.69, 9.17) is 10.5 Å². The van der Waals surface area contributed by atoms with Crippen molar-refractivity contribution in [3.05, 3.63) is 35.7 Å². The highest BCUT2D eigenvalue weighted by Gasteiger charge is 2.19. The lowest BCUT2D eigenvalue weighted by Gasteiger charge is -2.21. The number of aryl methyl sites for hydroxylation is 1. The number of rotatable bonds is 13. The number of hydrogen-bond acceptors (Lipinski definition) is 8. The fourth-order valence-corrected chi connectivity index (χ4v) is 2.93. The minimum atomic E-state index is -0.645. The first-order valence-electron chi connectivity index (χ1n) is 10.7. The number of carbonyl (C=O) groups excluding carboxylic acids is 2. The predicted molar refractivity (Wildman–Crippen MR) is 126 cm³/mol. The average molecular weight is 444 g/mol. The van der Waals surface area contributed by atoms with E-state index in [1.54, 1.807) is 7.05 Å². The molecule has 0 fully saturated rings. The molecule has 0 aliphatic rings. The summed E-state index contributed by atoms with van der Waals surface area (Å²) in [6.45, 7) is 6.00. The Hall–Kier alpha value is -3.40. The van der Waals surface area contributed by atoms with Gasteiger partial charge in [-0.3, -0.25) is 9.59 Å². The minimum absolute atomic E-state index is 0.0489. The number of primary amides is 1. The standard InChI is InChI=1S/C22H33N7O3/c1-5-17-22(29(4)6-2)28-21(19(27-17)20(23)31)26-15-9-7-10-16(13-15)32-12-8-11-25-18(30)14-24-3/h7,9-10,13,24H,5-6,8,11-12,14H2,1-4H3,(H2,23,31)(H,25,30)(H,26,28). The van der Waals surface area contributed by atoms with Crippen LogP contribution in [0, 0.1) is 0 Å². The maximum absolute atomic E-state index is 12.0. The number of carbonyl (C=O) groups is 2. The Bertz CT molecular complexity index is 920. The van der Waals surface area contributed by atoms with Gasteiger partial charge >= 0.3 is 0 Å². The molecule has 1 aromatic carbocycles. The molecule has 2 aromatic rings. The van der Waals surface area contributed by atoms with E-state index < -0.39 is 5.91 Å². The maximum atomic E-state index is 12.0. The third-order valence-corrected chi connectivity index (χ3v) is 4.70. The summed E-state index contributed by atoms with van der Waals surface area (Å²) in [7, 11) is 3.65. The molecule has 0 unspecified atom stereocenters. The van der Waals surface area contributed by atoms with Gasteiger partial charge in [0, 0.05) is 31.9 Å². The van der Waals surface area contributed by atoms with Crippen LogP contribution in [0.25, 0.3) is 0 Å². The molecule has 174 valence electrons. The molecule has 2 rings (SSSR count). The number of amides is 2. The first-order chi connectivity index (χ1) is 15.4. The van der Waals surface area contributed by atoms with Crippen molar-refractivity contribution in [2.24, 2.45) is 5.73 Å². The Labute approximate surface area is 188 Å². The zero-order valence-corrected chi connectivity index (χ0v) is 19.2. The van der Waals surface area contributed by atoms with Gasteiger partial charge in [-0.25, -0.2) is 9.97 Å². The van der Waals surface area contributed by atoms with Crippen LogP contribution in [0.5, 0.6) is 5.75 Å². The van der Waals surface area contributed by atoms with Crippen LogP contribution in [0.2, 0.25) is 0 Å². The summed E-state index contributed by atoms with van der Waals surface area (Å²) in [6, 6.07) is 7.32. The van der Waals surface area contributed by atoms with E-state index in [0.29, 0.717) is 61.3 Å². The molecule has 0 spiro atoms. The van der Waals surface area contributed by atoms with Crippen molar-refractivity contribution in [3.63, 3.8) is 0 Å². The lowest BCUT2D eigenvalue weighted by atomic mass is 10.2. The van der Waals surface area contributed by atoms with Crippen LogP contribution >= 0.6 is 0 Å². The van der Waals surface area contributed by atoms with Crippen molar-refractivity contribution in [2.75, 3.05) is 50.6 Å². The Kier molecular flexibility index (Phi) is 9.68. The van der Waals surface area contributed by atoms with Crippen molar-refractivity contribution in [1.82, 2.24) is 20.6 Å². The zero-order chi connectivity index (χ0) is 23.5. The number of hydrogen-bond donors (Lipinski definition) is 4. The molecule has 0 saturated heterocycles. The molecule has 0 bridgehead atoms. The molecule has 10 nitrogen and oxygen atoms in total. The lowest BCUT2D eigenvalue weighted by molar-refractivity contribution is -0.120. The van der Waals surface area contributed by atoms with Gasteiger partial charge in [0.05, 0.1) is 18.8 Å². The van der Waals surface area contributed by atoms with E-state index in [-0.39, 0.29) is 11.6 Å². The summed E-state index contributed by atoms with van der Waals surface area (Å²) < 4.78 is 5.78. The first kappa shape index (κ1) is 24.9. The molecular formula is C22H33N7O3. The largest absolute Gasteiger partial charge is 0.493 e. The van der Waals surface area contributed by atoms with Gasteiger partial charge in [0.2, 0.25) is 5.91 Å². The molecule has 0 aliphatic carbocycles. The number of nitrogens with one attached hydrogen (secondary N) is 3. The number of ether oxygens (including phenoxy) is 1. The molecule has 0 radical (unpaired) electrons. The summed E-state index contributed by atoms with van der Waals surface area (Å²) in [5.74, 6) is 0.964. The molecule has 10 heteroatoms. The quantitative estimate of drug-likeness (QED) is 0.342. The molecule has 32 heavy (non-hydrogen) atoms. The highest BCUT2D eigenvalue weighted by molar-refractivity contribution is 5.96. The van der Waals surface area contributed by atoms with Crippen molar-refractivity contribution in [3.8, 4) is 5.75 Å². The fraction of sp³-hybridized carbons (Fsp3) is 0.455. The van der Waals surface area contributed by atoms with Crippen molar-refractivity contribution in [1.29, 1.82) is 0 Å². The van der Waals surface area contributed by atoms with Gasteiger partial charge in [-0.1, -0.05) is 13.0 Å². The lowest BCUT2D eigenvalue weighted by Crippen LogP contribution is -2.33. The maximum Gasteiger partial charge on any atom is 0.271 e. The molecule has 0 atom stereocenters. The number of nitrogens with two attached hydrogens (primary N) is 1. The minimum Gasteiger partial charge on any atom is -0.493 e. The molecule has 2 amide bonds. The summed E-state index contributed by atoms with van der Waals surface area (Å²) in [6.07, 6.45) is 1.31. The molecule has 1 aromatic heterocycles. The highest BCUT2D eigenvalue weighted by Crippen LogP contribution is 2.26. The Morgan fingerprint density at radius 3 is 2.66 bits per heavy atom. The third kappa shape index (κ3) is 7.09. The van der Waals surface area contributed by atoms with Gasteiger partial charge in [0.1, 0.15) is 5.75 Å². The van der Waals surface area contributed by atoms with Crippen LogP contribution < -0.4 is 31.3 Å². The Morgan fingerprint density at radius 2 is 2.00 bits per heavy atom. The second-order valence-electron chi connectivity index (χ2n) is 7.16. The smallest absolute Gasteiger partial charge is 0.271 e. The van der Waals surface area contributed by atoms with Gasteiger partial charge in [-0.15, -0.1) is 0 Å². The topological polar surface area (TPSA) is 134 Å². The van der Waals surface area contributed by atoms with Gasteiger partial charge < -0.3 is 31.3 Å². The molecule has 5 N–H and O–H groups in total. The Balaban J connectivity index is 2.10. The van der Waals surface area contributed by atoms with Crippen molar-refractivity contribution in [2.45, 2.75) is 26.7 Å². The van der Waals surface area contributed by atoms with E-state index in [1.165, 1.54) is 0 Å². The molecule has 0 saturated carbocycles. The van der Waals surface area contributed by atoms with Gasteiger partial charge in [-0.05, 0) is 38.9 Å². The van der Waals surface area contributed by atoms with Crippen LogP contribution in [0.3, 0.4) is 0 Å².